The highest BCUT2D eigenvalue weighted by molar-refractivity contribution is 6.34. The van der Waals surface area contributed by atoms with Gasteiger partial charge >= 0.3 is 0 Å². The molecule has 3 aromatic rings. The van der Waals surface area contributed by atoms with Crippen molar-refractivity contribution in [3.05, 3.63) is 59.5 Å². The van der Waals surface area contributed by atoms with Gasteiger partial charge in [0.05, 0.1) is 10.9 Å². The highest BCUT2D eigenvalue weighted by Gasteiger charge is 2.22. The first-order valence-electron chi connectivity index (χ1n) is 6.66. The molecule has 1 unspecified atom stereocenters. The van der Waals surface area contributed by atoms with Crippen LogP contribution >= 0.6 is 11.6 Å². The predicted molar refractivity (Wildman–Crippen MR) is 81.7 cm³/mol. The summed E-state index contributed by atoms with van der Waals surface area (Å²) in [4.78, 5) is 16.0. The molecule has 0 spiro atoms. The number of amides is 1. The summed E-state index contributed by atoms with van der Waals surface area (Å²) >= 11 is 6.03. The van der Waals surface area contributed by atoms with Crippen molar-refractivity contribution in [1.82, 2.24) is 20.2 Å². The van der Waals surface area contributed by atoms with Crippen LogP contribution < -0.4 is 5.48 Å². The Labute approximate surface area is 131 Å². The number of hydroxylamine groups is 1. The molecule has 0 saturated heterocycles. The van der Waals surface area contributed by atoms with Crippen molar-refractivity contribution in [1.29, 1.82) is 0 Å². The van der Waals surface area contributed by atoms with E-state index in [1.165, 1.54) is 4.68 Å². The number of hydrogen-bond donors (Lipinski definition) is 2. The van der Waals surface area contributed by atoms with Gasteiger partial charge in [0.15, 0.2) is 0 Å². The normalized spacial score (nSPS) is 12.3. The van der Waals surface area contributed by atoms with E-state index in [0.29, 0.717) is 22.5 Å². The van der Waals surface area contributed by atoms with E-state index in [1.54, 1.807) is 23.9 Å². The van der Waals surface area contributed by atoms with E-state index >= 15 is 0 Å². The molecule has 0 saturated carbocycles. The van der Waals surface area contributed by atoms with Gasteiger partial charge in [0.25, 0.3) is 5.91 Å². The van der Waals surface area contributed by atoms with Crippen LogP contribution in [0.1, 0.15) is 11.6 Å². The van der Waals surface area contributed by atoms with E-state index in [9.17, 15) is 4.79 Å². The predicted octanol–water partition coefficient (Wildman–Crippen LogP) is 2.37. The molecule has 2 N–H and O–H groups in total. The van der Waals surface area contributed by atoms with Crippen molar-refractivity contribution < 1.29 is 10.0 Å². The minimum atomic E-state index is -0.684. The lowest BCUT2D eigenvalue weighted by molar-refractivity contribution is -0.132. The molecule has 22 heavy (non-hydrogen) atoms. The molecule has 0 aliphatic carbocycles. The van der Waals surface area contributed by atoms with Gasteiger partial charge in [0.2, 0.25) is 0 Å². The van der Waals surface area contributed by atoms with Gasteiger partial charge in [-0.3, -0.25) is 14.7 Å². The Morgan fingerprint density at radius 1 is 1.32 bits per heavy atom. The first-order valence-corrected chi connectivity index (χ1v) is 7.04. The molecule has 7 heteroatoms. The first-order chi connectivity index (χ1) is 10.7. The van der Waals surface area contributed by atoms with Crippen molar-refractivity contribution in [2.45, 2.75) is 12.5 Å². The summed E-state index contributed by atoms with van der Waals surface area (Å²) in [6, 6.07) is 10.5. The number of carbonyl (C=O) groups is 1. The van der Waals surface area contributed by atoms with Gasteiger partial charge in [-0.2, -0.15) is 5.10 Å². The van der Waals surface area contributed by atoms with Crippen molar-refractivity contribution in [2.24, 2.45) is 0 Å². The average molecular weight is 317 g/mol. The molecule has 112 valence electrons. The van der Waals surface area contributed by atoms with Gasteiger partial charge in [-0.15, -0.1) is 0 Å². The fraction of sp³-hybridized carbons (Fsp3) is 0.133. The highest BCUT2D eigenvalue weighted by Crippen LogP contribution is 2.23. The van der Waals surface area contributed by atoms with Crippen LogP contribution in [0.4, 0.5) is 0 Å². The number of nitrogens with zero attached hydrogens (tertiary/aromatic N) is 3. The fourth-order valence-corrected chi connectivity index (χ4v) is 2.51. The number of rotatable bonds is 4. The Hall–Kier alpha value is -2.44. The third-order valence-corrected chi connectivity index (χ3v) is 3.71. The Bertz CT molecular complexity index is 804. The van der Waals surface area contributed by atoms with Crippen LogP contribution in [-0.4, -0.2) is 25.9 Å². The van der Waals surface area contributed by atoms with Gasteiger partial charge in [-0.1, -0.05) is 41.9 Å². The molecule has 0 aliphatic heterocycles. The van der Waals surface area contributed by atoms with Gasteiger partial charge in [0, 0.05) is 18.8 Å². The number of nitrogens with one attached hydrogen (secondary N) is 1. The summed E-state index contributed by atoms with van der Waals surface area (Å²) in [5, 5.41) is 14.3. The smallest absolute Gasteiger partial charge is 0.268 e. The van der Waals surface area contributed by atoms with Gasteiger partial charge in [-0.05, 0) is 11.6 Å². The van der Waals surface area contributed by atoms with Gasteiger partial charge in [-0.25, -0.2) is 10.5 Å². The van der Waals surface area contributed by atoms with E-state index in [4.69, 9.17) is 16.8 Å². The van der Waals surface area contributed by atoms with Crippen LogP contribution in [0.5, 0.6) is 0 Å². The summed E-state index contributed by atoms with van der Waals surface area (Å²) in [5.74, 6) is -0.541. The van der Waals surface area contributed by atoms with Crippen molar-refractivity contribution in [3.63, 3.8) is 0 Å². The van der Waals surface area contributed by atoms with Crippen molar-refractivity contribution >= 4 is 28.4 Å². The standard InChI is InChI=1S/C15H13ClN4O2/c16-14-11-9-20(18-12(11)6-7-17-14)13(15(21)19-22)8-10-4-2-1-3-5-10/h1-7,9,13,22H,8H2,(H,19,21). The monoisotopic (exact) mass is 316 g/mol. The van der Waals surface area contributed by atoms with Crippen LogP contribution in [0, 0.1) is 0 Å². The number of benzene rings is 1. The van der Waals surface area contributed by atoms with E-state index in [2.05, 4.69) is 10.1 Å². The number of pyridine rings is 1. The summed E-state index contributed by atoms with van der Waals surface area (Å²) < 4.78 is 1.50. The highest BCUT2D eigenvalue weighted by atomic mass is 35.5. The largest absolute Gasteiger partial charge is 0.289 e. The molecule has 2 heterocycles. The van der Waals surface area contributed by atoms with Gasteiger partial charge < -0.3 is 0 Å². The van der Waals surface area contributed by atoms with E-state index in [0.717, 1.165) is 5.56 Å². The number of hydrogen-bond acceptors (Lipinski definition) is 4. The first kappa shape index (κ1) is 14.5. The molecule has 0 aliphatic rings. The molecule has 6 nitrogen and oxygen atoms in total. The van der Waals surface area contributed by atoms with E-state index in [-0.39, 0.29) is 0 Å². The van der Waals surface area contributed by atoms with Crippen LogP contribution in [0.25, 0.3) is 10.9 Å². The van der Waals surface area contributed by atoms with Crippen molar-refractivity contribution in [3.8, 4) is 0 Å². The molecule has 0 bridgehead atoms. The molecule has 1 amide bonds. The zero-order valence-corrected chi connectivity index (χ0v) is 12.2. The van der Waals surface area contributed by atoms with E-state index in [1.807, 2.05) is 30.3 Å². The minimum absolute atomic E-state index is 0.326. The topological polar surface area (TPSA) is 80.0 Å². The molecule has 2 aromatic heterocycles. The Balaban J connectivity index is 2.00. The summed E-state index contributed by atoms with van der Waals surface area (Å²) in [7, 11) is 0. The van der Waals surface area contributed by atoms with Crippen LogP contribution in [-0.2, 0) is 11.2 Å². The summed E-state index contributed by atoms with van der Waals surface area (Å²) in [6.07, 6.45) is 3.61. The zero-order valence-electron chi connectivity index (χ0n) is 11.5. The van der Waals surface area contributed by atoms with Crippen molar-refractivity contribution in [2.75, 3.05) is 0 Å². The summed E-state index contributed by atoms with van der Waals surface area (Å²) in [6.45, 7) is 0. The molecule has 0 fully saturated rings. The zero-order chi connectivity index (χ0) is 15.5. The number of halogens is 1. The fourth-order valence-electron chi connectivity index (χ4n) is 2.31. The molecular weight excluding hydrogens is 304 g/mol. The molecule has 1 atom stereocenters. The lowest BCUT2D eigenvalue weighted by Gasteiger charge is -2.15. The molecule has 3 rings (SSSR count). The van der Waals surface area contributed by atoms with Gasteiger partial charge in [0.1, 0.15) is 11.2 Å². The summed E-state index contributed by atoms with van der Waals surface area (Å²) in [5.41, 5.74) is 3.30. The lowest BCUT2D eigenvalue weighted by Crippen LogP contribution is -2.32. The molecular formula is C15H13ClN4O2. The Kier molecular flexibility index (Phi) is 4.04. The maximum Gasteiger partial charge on any atom is 0.268 e. The number of carbonyl (C=O) groups excluding carboxylic acids is 1. The third-order valence-electron chi connectivity index (χ3n) is 3.41. The van der Waals surface area contributed by atoms with Crippen LogP contribution in [0.3, 0.4) is 0 Å². The Morgan fingerprint density at radius 2 is 2.09 bits per heavy atom. The SMILES string of the molecule is O=C(NO)C(Cc1ccccc1)n1cc2c(Cl)nccc2n1. The maximum atomic E-state index is 12.0. The molecule has 0 radical (unpaired) electrons. The maximum absolute atomic E-state index is 12.0. The molecule has 1 aromatic carbocycles. The van der Waals surface area contributed by atoms with Crippen LogP contribution in [0.2, 0.25) is 5.15 Å². The minimum Gasteiger partial charge on any atom is -0.289 e. The second-order valence-corrected chi connectivity index (χ2v) is 5.18. The number of aromatic nitrogens is 3. The van der Waals surface area contributed by atoms with Crippen LogP contribution in [0.15, 0.2) is 48.8 Å². The number of fused-ring (bicyclic) bond motifs is 1. The Morgan fingerprint density at radius 3 is 2.77 bits per heavy atom. The quantitative estimate of drug-likeness (QED) is 0.440. The second kappa shape index (κ2) is 6.13. The second-order valence-electron chi connectivity index (χ2n) is 4.83. The average Bonchev–Trinajstić information content (AvgIpc) is 2.98. The lowest BCUT2D eigenvalue weighted by atomic mass is 10.1. The third kappa shape index (κ3) is 2.79. The van der Waals surface area contributed by atoms with E-state index < -0.39 is 11.9 Å².